The lowest BCUT2D eigenvalue weighted by molar-refractivity contribution is -0.385. The van der Waals surface area contributed by atoms with Gasteiger partial charge < -0.3 is 14.4 Å². The lowest BCUT2D eigenvalue weighted by atomic mass is 10.1. The quantitative estimate of drug-likeness (QED) is 0.450. The van der Waals surface area contributed by atoms with E-state index in [0.717, 1.165) is 36.8 Å². The van der Waals surface area contributed by atoms with E-state index in [1.807, 2.05) is 18.2 Å². The molecular formula is C21H24N2O7S. The Kier molecular flexibility index (Phi) is 6.91. The highest BCUT2D eigenvalue weighted by molar-refractivity contribution is 7.90. The molecule has 0 spiro atoms. The van der Waals surface area contributed by atoms with Gasteiger partial charge in [-0.3, -0.25) is 14.9 Å². The molecule has 10 heteroatoms. The lowest BCUT2D eigenvalue weighted by Crippen LogP contribution is -2.37. The van der Waals surface area contributed by atoms with Crippen molar-refractivity contribution >= 4 is 21.4 Å². The van der Waals surface area contributed by atoms with E-state index in [4.69, 9.17) is 9.47 Å². The van der Waals surface area contributed by atoms with Gasteiger partial charge in [-0.15, -0.1) is 0 Å². The minimum absolute atomic E-state index is 0.0671. The summed E-state index contributed by atoms with van der Waals surface area (Å²) < 4.78 is 35.1. The van der Waals surface area contributed by atoms with Crippen molar-refractivity contribution in [1.82, 2.24) is 4.90 Å². The fourth-order valence-electron chi connectivity index (χ4n) is 3.50. The summed E-state index contributed by atoms with van der Waals surface area (Å²) in [7, 11) is -2.22. The zero-order valence-electron chi connectivity index (χ0n) is 17.3. The molecule has 0 N–H and O–H groups in total. The third-order valence-electron chi connectivity index (χ3n) is 5.07. The molecule has 2 aromatic rings. The number of ether oxygens (including phenoxy) is 2. The van der Waals surface area contributed by atoms with Gasteiger partial charge in [0.05, 0.1) is 23.0 Å². The first-order chi connectivity index (χ1) is 14.7. The Morgan fingerprint density at radius 1 is 1.29 bits per heavy atom. The van der Waals surface area contributed by atoms with E-state index in [0.29, 0.717) is 12.4 Å². The topological polar surface area (TPSA) is 116 Å². The smallest absolute Gasteiger partial charge is 0.271 e. The third-order valence-corrected chi connectivity index (χ3v) is 6.16. The van der Waals surface area contributed by atoms with Crippen LogP contribution in [0.3, 0.4) is 0 Å². The highest BCUT2D eigenvalue weighted by Crippen LogP contribution is 2.25. The number of methoxy groups -OCH3 is 1. The van der Waals surface area contributed by atoms with Gasteiger partial charge >= 0.3 is 0 Å². The number of nitro groups is 1. The molecule has 0 aliphatic carbocycles. The van der Waals surface area contributed by atoms with Crippen molar-refractivity contribution in [3.05, 3.63) is 63.7 Å². The van der Waals surface area contributed by atoms with Crippen molar-refractivity contribution in [1.29, 1.82) is 0 Å². The summed E-state index contributed by atoms with van der Waals surface area (Å²) in [6.07, 6.45) is 2.46. The second-order valence-electron chi connectivity index (χ2n) is 7.38. The van der Waals surface area contributed by atoms with Crippen molar-refractivity contribution in [2.45, 2.75) is 30.4 Å². The summed E-state index contributed by atoms with van der Waals surface area (Å²) in [5.74, 6) is 0.0820. The molecule has 1 unspecified atom stereocenters. The van der Waals surface area contributed by atoms with Gasteiger partial charge in [0.15, 0.2) is 9.84 Å². The summed E-state index contributed by atoms with van der Waals surface area (Å²) in [6, 6.07) is 10.5. The predicted octanol–water partition coefficient (Wildman–Crippen LogP) is 2.83. The molecule has 1 fully saturated rings. The molecule has 0 radical (unpaired) electrons. The van der Waals surface area contributed by atoms with E-state index in [9.17, 15) is 23.3 Å². The van der Waals surface area contributed by atoms with Gasteiger partial charge in [-0.25, -0.2) is 8.42 Å². The van der Waals surface area contributed by atoms with Crippen LogP contribution in [0.25, 0.3) is 0 Å². The standard InChI is InChI=1S/C21H24N2O7S/c1-29-20-8-4-3-6-15(20)13-22(14-18-7-5-9-30-18)21(24)16-10-17(23(25)26)12-19(11-16)31(2,27)28/h3-4,6,8,10-12,18H,5,7,9,13-14H2,1-2H3. The summed E-state index contributed by atoms with van der Waals surface area (Å²) in [5.41, 5.74) is 0.230. The summed E-state index contributed by atoms with van der Waals surface area (Å²) in [5, 5.41) is 11.3. The predicted molar refractivity (Wildman–Crippen MR) is 113 cm³/mol. The average molecular weight is 448 g/mol. The number of sulfone groups is 1. The van der Waals surface area contributed by atoms with E-state index in [1.54, 1.807) is 6.07 Å². The van der Waals surface area contributed by atoms with Crippen LogP contribution in [0.15, 0.2) is 47.4 Å². The lowest BCUT2D eigenvalue weighted by Gasteiger charge is -2.26. The van der Waals surface area contributed by atoms with Gasteiger partial charge in [0.1, 0.15) is 5.75 Å². The average Bonchev–Trinajstić information content (AvgIpc) is 3.25. The Morgan fingerprint density at radius 3 is 2.65 bits per heavy atom. The van der Waals surface area contributed by atoms with E-state index in [-0.39, 0.29) is 29.7 Å². The number of carbonyl (C=O) groups is 1. The van der Waals surface area contributed by atoms with Gasteiger partial charge in [-0.2, -0.15) is 0 Å². The number of carbonyl (C=O) groups excluding carboxylic acids is 1. The maximum atomic E-state index is 13.4. The largest absolute Gasteiger partial charge is 0.496 e. The molecule has 1 amide bonds. The third kappa shape index (κ3) is 5.59. The Bertz CT molecular complexity index is 1080. The Balaban J connectivity index is 2.00. The van der Waals surface area contributed by atoms with Gasteiger partial charge in [0.25, 0.3) is 11.6 Å². The van der Waals surface area contributed by atoms with Crippen LogP contribution in [0.1, 0.15) is 28.8 Å². The first kappa shape index (κ1) is 22.7. The monoisotopic (exact) mass is 448 g/mol. The number of non-ortho nitro benzene ring substituents is 1. The molecule has 1 atom stereocenters. The SMILES string of the molecule is COc1ccccc1CN(CC1CCCO1)C(=O)c1cc([N+](=O)[O-])cc(S(C)(=O)=O)c1. The Morgan fingerprint density at radius 2 is 2.03 bits per heavy atom. The zero-order valence-corrected chi connectivity index (χ0v) is 18.1. The minimum atomic E-state index is -3.75. The molecule has 0 aromatic heterocycles. The molecule has 9 nitrogen and oxygen atoms in total. The molecule has 1 heterocycles. The molecule has 166 valence electrons. The van der Waals surface area contributed by atoms with Crippen LogP contribution >= 0.6 is 0 Å². The highest BCUT2D eigenvalue weighted by atomic mass is 32.2. The van der Waals surface area contributed by atoms with E-state index < -0.39 is 26.4 Å². The molecule has 0 bridgehead atoms. The van der Waals surface area contributed by atoms with Crippen molar-refractivity contribution in [2.24, 2.45) is 0 Å². The highest BCUT2D eigenvalue weighted by Gasteiger charge is 2.27. The molecular weight excluding hydrogens is 424 g/mol. The Labute approximate surface area is 180 Å². The van der Waals surface area contributed by atoms with Crippen LogP contribution in [0.4, 0.5) is 5.69 Å². The van der Waals surface area contributed by atoms with Crippen LogP contribution < -0.4 is 4.74 Å². The molecule has 1 saturated heterocycles. The van der Waals surface area contributed by atoms with Crippen LogP contribution in [-0.2, 0) is 21.1 Å². The maximum Gasteiger partial charge on any atom is 0.271 e. The Hall–Kier alpha value is -2.98. The second kappa shape index (κ2) is 9.44. The number of para-hydroxylation sites is 1. The van der Waals surface area contributed by atoms with Crippen LogP contribution in [0.2, 0.25) is 0 Å². The van der Waals surface area contributed by atoms with Gasteiger partial charge in [-0.05, 0) is 25.0 Å². The molecule has 1 aliphatic rings. The zero-order chi connectivity index (χ0) is 22.6. The summed E-state index contributed by atoms with van der Waals surface area (Å²) in [4.78, 5) is 25.3. The van der Waals surface area contributed by atoms with Gasteiger partial charge in [0, 0.05) is 49.2 Å². The second-order valence-corrected chi connectivity index (χ2v) is 9.39. The first-order valence-electron chi connectivity index (χ1n) is 9.71. The van der Waals surface area contributed by atoms with E-state index in [2.05, 4.69) is 0 Å². The van der Waals surface area contributed by atoms with E-state index in [1.165, 1.54) is 18.1 Å². The fourth-order valence-corrected chi connectivity index (χ4v) is 4.18. The summed E-state index contributed by atoms with van der Waals surface area (Å²) >= 11 is 0. The number of hydrogen-bond donors (Lipinski definition) is 0. The van der Waals surface area contributed by atoms with Crippen LogP contribution in [0, 0.1) is 10.1 Å². The summed E-state index contributed by atoms with van der Waals surface area (Å²) in [6.45, 7) is 1.06. The number of nitro benzene ring substituents is 1. The number of rotatable bonds is 8. The van der Waals surface area contributed by atoms with Crippen molar-refractivity contribution < 1.29 is 27.6 Å². The molecule has 2 aromatic carbocycles. The fraction of sp³-hybridized carbons (Fsp3) is 0.381. The minimum Gasteiger partial charge on any atom is -0.496 e. The number of amides is 1. The van der Waals surface area contributed by atoms with Crippen molar-refractivity contribution in [3.63, 3.8) is 0 Å². The van der Waals surface area contributed by atoms with Crippen LogP contribution in [-0.4, -0.2) is 56.8 Å². The molecule has 1 aliphatic heterocycles. The molecule has 31 heavy (non-hydrogen) atoms. The van der Waals surface area contributed by atoms with Crippen LogP contribution in [0.5, 0.6) is 5.75 Å². The first-order valence-corrected chi connectivity index (χ1v) is 11.6. The number of nitrogens with zero attached hydrogens (tertiary/aromatic N) is 2. The van der Waals surface area contributed by atoms with E-state index >= 15 is 0 Å². The number of benzene rings is 2. The van der Waals surface area contributed by atoms with Gasteiger partial charge in [-0.1, -0.05) is 18.2 Å². The normalized spacial score (nSPS) is 16.1. The van der Waals surface area contributed by atoms with Crippen molar-refractivity contribution in [2.75, 3.05) is 26.5 Å². The molecule has 0 saturated carbocycles. The molecule has 3 rings (SSSR count). The number of hydrogen-bond acceptors (Lipinski definition) is 7. The van der Waals surface area contributed by atoms with Gasteiger partial charge in [0.2, 0.25) is 0 Å². The van der Waals surface area contributed by atoms with Crippen molar-refractivity contribution in [3.8, 4) is 5.75 Å². The maximum absolute atomic E-state index is 13.4.